The summed E-state index contributed by atoms with van der Waals surface area (Å²) in [5.41, 5.74) is 0.640. The smallest absolute Gasteiger partial charge is 0.252 e. The summed E-state index contributed by atoms with van der Waals surface area (Å²) in [4.78, 5) is 11.8. The summed E-state index contributed by atoms with van der Waals surface area (Å²) in [6.45, 7) is 1.83. The molecule has 0 aromatic heterocycles. The standard InChI is InChI=1S/C12H14BrNO3/c13-10-4-2-1-3-9(10)12(15)14-6-5-11-16-7-8-17-11/h1-4,11H,5-8H2,(H,14,15). The van der Waals surface area contributed by atoms with Crippen LogP contribution in [0.5, 0.6) is 0 Å². The molecule has 1 aromatic carbocycles. The lowest BCUT2D eigenvalue weighted by Gasteiger charge is -2.10. The number of hydrogen-bond donors (Lipinski definition) is 1. The summed E-state index contributed by atoms with van der Waals surface area (Å²) in [6, 6.07) is 7.34. The number of nitrogens with one attached hydrogen (secondary N) is 1. The number of halogens is 1. The Morgan fingerprint density at radius 1 is 1.35 bits per heavy atom. The van der Waals surface area contributed by atoms with E-state index < -0.39 is 0 Å². The van der Waals surface area contributed by atoms with E-state index >= 15 is 0 Å². The number of hydrogen-bond acceptors (Lipinski definition) is 3. The van der Waals surface area contributed by atoms with E-state index in [0.29, 0.717) is 31.7 Å². The van der Waals surface area contributed by atoms with Crippen LogP contribution < -0.4 is 5.32 Å². The van der Waals surface area contributed by atoms with Crippen molar-refractivity contribution < 1.29 is 14.3 Å². The zero-order valence-corrected chi connectivity index (χ0v) is 10.9. The Hall–Kier alpha value is -0.910. The summed E-state index contributed by atoms with van der Waals surface area (Å²) >= 11 is 3.34. The lowest BCUT2D eigenvalue weighted by atomic mass is 10.2. The molecule has 0 saturated carbocycles. The number of amides is 1. The monoisotopic (exact) mass is 299 g/mol. The molecule has 1 aliphatic rings. The van der Waals surface area contributed by atoms with Crippen LogP contribution in [0.4, 0.5) is 0 Å². The number of carbonyl (C=O) groups is 1. The van der Waals surface area contributed by atoms with Gasteiger partial charge in [0.25, 0.3) is 5.91 Å². The molecule has 0 spiro atoms. The maximum absolute atomic E-state index is 11.8. The van der Waals surface area contributed by atoms with Gasteiger partial charge in [0.05, 0.1) is 18.8 Å². The molecule has 1 amide bonds. The van der Waals surface area contributed by atoms with Gasteiger partial charge in [-0.1, -0.05) is 12.1 Å². The molecule has 1 N–H and O–H groups in total. The molecular formula is C12H14BrNO3. The van der Waals surface area contributed by atoms with Crippen molar-refractivity contribution in [2.75, 3.05) is 19.8 Å². The molecule has 0 radical (unpaired) electrons. The molecule has 92 valence electrons. The summed E-state index contributed by atoms with van der Waals surface area (Å²) < 4.78 is 11.4. The van der Waals surface area contributed by atoms with Crippen LogP contribution in [0.25, 0.3) is 0 Å². The summed E-state index contributed by atoms with van der Waals surface area (Å²) in [5.74, 6) is -0.0875. The molecule has 0 unspecified atom stereocenters. The van der Waals surface area contributed by atoms with Crippen LogP contribution >= 0.6 is 15.9 Å². The molecular weight excluding hydrogens is 286 g/mol. The third kappa shape index (κ3) is 3.52. The highest BCUT2D eigenvalue weighted by Gasteiger charge is 2.16. The van der Waals surface area contributed by atoms with Gasteiger partial charge in [0, 0.05) is 17.4 Å². The highest BCUT2D eigenvalue weighted by atomic mass is 79.9. The molecule has 1 aromatic rings. The normalized spacial score (nSPS) is 16.1. The van der Waals surface area contributed by atoms with Gasteiger partial charge in [-0.15, -0.1) is 0 Å². The molecule has 1 heterocycles. The third-order valence-corrected chi connectivity index (χ3v) is 3.17. The van der Waals surface area contributed by atoms with Gasteiger partial charge >= 0.3 is 0 Å². The average molecular weight is 300 g/mol. The molecule has 5 heteroatoms. The molecule has 4 nitrogen and oxygen atoms in total. The highest BCUT2D eigenvalue weighted by Crippen LogP contribution is 2.15. The fourth-order valence-corrected chi connectivity index (χ4v) is 2.08. The SMILES string of the molecule is O=C(NCCC1OCCO1)c1ccccc1Br. The quantitative estimate of drug-likeness (QED) is 0.924. The van der Waals surface area contributed by atoms with Crippen LogP contribution in [-0.4, -0.2) is 32.0 Å². The van der Waals surface area contributed by atoms with Crippen molar-refractivity contribution in [1.29, 1.82) is 0 Å². The van der Waals surface area contributed by atoms with E-state index in [1.807, 2.05) is 18.2 Å². The average Bonchev–Trinajstić information content (AvgIpc) is 2.82. The van der Waals surface area contributed by atoms with Crippen LogP contribution in [0.2, 0.25) is 0 Å². The van der Waals surface area contributed by atoms with E-state index in [4.69, 9.17) is 9.47 Å². The van der Waals surface area contributed by atoms with Crippen molar-refractivity contribution in [3.05, 3.63) is 34.3 Å². The molecule has 0 aliphatic carbocycles. The van der Waals surface area contributed by atoms with E-state index in [1.165, 1.54) is 0 Å². The maximum atomic E-state index is 11.8. The van der Waals surface area contributed by atoms with Crippen molar-refractivity contribution in [2.45, 2.75) is 12.7 Å². The fourth-order valence-electron chi connectivity index (χ4n) is 1.62. The molecule has 2 rings (SSSR count). The molecule has 1 saturated heterocycles. The summed E-state index contributed by atoms with van der Waals surface area (Å²) in [5, 5.41) is 2.84. The van der Waals surface area contributed by atoms with Crippen LogP contribution in [-0.2, 0) is 9.47 Å². The number of rotatable bonds is 4. The molecule has 17 heavy (non-hydrogen) atoms. The van der Waals surface area contributed by atoms with E-state index in [0.717, 1.165) is 4.47 Å². The van der Waals surface area contributed by atoms with Gasteiger partial charge in [0.2, 0.25) is 0 Å². The highest BCUT2D eigenvalue weighted by molar-refractivity contribution is 9.10. The van der Waals surface area contributed by atoms with Gasteiger partial charge in [-0.2, -0.15) is 0 Å². The van der Waals surface area contributed by atoms with Gasteiger partial charge in [-0.05, 0) is 28.1 Å². The van der Waals surface area contributed by atoms with Crippen molar-refractivity contribution in [3.63, 3.8) is 0 Å². The zero-order valence-electron chi connectivity index (χ0n) is 9.32. The Labute approximate surface area is 108 Å². The van der Waals surface area contributed by atoms with Gasteiger partial charge < -0.3 is 14.8 Å². The molecule has 0 atom stereocenters. The number of benzene rings is 1. The third-order valence-electron chi connectivity index (χ3n) is 2.47. The molecule has 0 bridgehead atoms. The lowest BCUT2D eigenvalue weighted by molar-refractivity contribution is -0.0455. The van der Waals surface area contributed by atoms with Crippen molar-refractivity contribution in [2.24, 2.45) is 0 Å². The molecule has 1 fully saturated rings. The Balaban J connectivity index is 1.79. The minimum Gasteiger partial charge on any atom is -0.352 e. The summed E-state index contributed by atoms with van der Waals surface area (Å²) in [6.07, 6.45) is 0.505. The second kappa shape index (κ2) is 6.14. The second-order valence-corrected chi connectivity index (χ2v) is 4.55. The Morgan fingerprint density at radius 2 is 2.06 bits per heavy atom. The zero-order chi connectivity index (χ0) is 12.1. The minimum absolute atomic E-state index is 0.0875. The van der Waals surface area contributed by atoms with E-state index in [-0.39, 0.29) is 12.2 Å². The van der Waals surface area contributed by atoms with Gasteiger partial charge in [-0.3, -0.25) is 4.79 Å². The van der Waals surface area contributed by atoms with Crippen LogP contribution in [0.15, 0.2) is 28.7 Å². The fraction of sp³-hybridized carbons (Fsp3) is 0.417. The first-order valence-corrected chi connectivity index (χ1v) is 6.32. The first-order chi connectivity index (χ1) is 8.27. The lowest BCUT2D eigenvalue weighted by Crippen LogP contribution is -2.27. The van der Waals surface area contributed by atoms with Crippen molar-refractivity contribution >= 4 is 21.8 Å². The van der Waals surface area contributed by atoms with Crippen LogP contribution in [0.1, 0.15) is 16.8 Å². The van der Waals surface area contributed by atoms with E-state index in [9.17, 15) is 4.79 Å². The van der Waals surface area contributed by atoms with E-state index in [2.05, 4.69) is 21.2 Å². The van der Waals surface area contributed by atoms with Crippen molar-refractivity contribution in [1.82, 2.24) is 5.32 Å². The Bertz CT molecular complexity index is 391. The van der Waals surface area contributed by atoms with Crippen molar-refractivity contribution in [3.8, 4) is 0 Å². The second-order valence-electron chi connectivity index (χ2n) is 3.70. The number of carbonyl (C=O) groups excluding carboxylic acids is 1. The van der Waals surface area contributed by atoms with Gasteiger partial charge in [0.1, 0.15) is 0 Å². The van der Waals surface area contributed by atoms with Gasteiger partial charge in [-0.25, -0.2) is 0 Å². The summed E-state index contributed by atoms with van der Waals surface area (Å²) in [7, 11) is 0. The largest absolute Gasteiger partial charge is 0.352 e. The Morgan fingerprint density at radius 3 is 2.76 bits per heavy atom. The first-order valence-electron chi connectivity index (χ1n) is 5.53. The van der Waals surface area contributed by atoms with Crippen LogP contribution in [0, 0.1) is 0 Å². The topological polar surface area (TPSA) is 47.6 Å². The predicted molar refractivity (Wildman–Crippen MR) is 66.8 cm³/mol. The minimum atomic E-state index is -0.172. The predicted octanol–water partition coefficient (Wildman–Crippen LogP) is 1.94. The maximum Gasteiger partial charge on any atom is 0.252 e. The molecule has 1 aliphatic heterocycles. The van der Waals surface area contributed by atoms with E-state index in [1.54, 1.807) is 6.07 Å². The van der Waals surface area contributed by atoms with Crippen LogP contribution in [0.3, 0.4) is 0 Å². The first kappa shape index (κ1) is 12.5. The number of ether oxygens (including phenoxy) is 2. The van der Waals surface area contributed by atoms with Gasteiger partial charge in [0.15, 0.2) is 6.29 Å². The Kier molecular flexibility index (Phi) is 4.53.